The van der Waals surface area contributed by atoms with Crippen LogP contribution in [0.5, 0.6) is 0 Å². The molecule has 30 heavy (non-hydrogen) atoms. The number of rotatable bonds is 2. The van der Waals surface area contributed by atoms with Crippen molar-refractivity contribution in [2.75, 3.05) is 10.7 Å². The van der Waals surface area contributed by atoms with E-state index in [2.05, 4.69) is 84.4 Å². The van der Waals surface area contributed by atoms with Gasteiger partial charge in [-0.05, 0) is 72.9 Å². The Morgan fingerprint density at radius 1 is 0.833 bits per heavy atom. The average molecular weight is 396 g/mol. The van der Waals surface area contributed by atoms with Gasteiger partial charge in [0.1, 0.15) is 0 Å². The van der Waals surface area contributed by atoms with E-state index in [0.717, 1.165) is 33.5 Å². The number of aliphatic imine (C=N–C) groups is 1. The molecular weight excluding hydrogens is 370 g/mol. The number of aryl methyl sites for hydroxylation is 3. The Morgan fingerprint density at radius 2 is 1.60 bits per heavy atom. The van der Waals surface area contributed by atoms with E-state index in [1.165, 1.54) is 22.3 Å². The maximum atomic E-state index is 4.83. The number of anilines is 2. The lowest BCUT2D eigenvalue weighted by Gasteiger charge is -2.23. The fraction of sp³-hybridized carbons (Fsp3) is 0.120. The van der Waals surface area contributed by atoms with E-state index < -0.39 is 0 Å². The van der Waals surface area contributed by atoms with Gasteiger partial charge in [-0.1, -0.05) is 36.4 Å². The number of hydrogen-bond acceptors (Lipinski definition) is 5. The first-order valence-corrected chi connectivity index (χ1v) is 10.0. The fourth-order valence-corrected chi connectivity index (χ4v) is 4.10. The largest absolute Gasteiger partial charge is 0.323 e. The van der Waals surface area contributed by atoms with Gasteiger partial charge in [0.15, 0.2) is 0 Å². The Kier molecular flexibility index (Phi) is 4.36. The standard InChI is InChI=1S/C25H23N5.H2/c1-15-7-4-8-16(2)22(15)19-13-17(3)23-21(14-19)29-30-25(28-23)27-20-11-5-9-18-10-6-12-26-24(18)20;/h4-14,29H,1-3H3,(H2,27,28,30);1H. The number of nitrogens with zero attached hydrogens (tertiary/aromatic N) is 2. The molecule has 0 saturated carbocycles. The van der Waals surface area contributed by atoms with Crippen molar-refractivity contribution in [3.05, 3.63) is 83.6 Å². The van der Waals surface area contributed by atoms with E-state index in [1.807, 2.05) is 18.2 Å². The number of hydrazine groups is 1. The molecule has 5 nitrogen and oxygen atoms in total. The number of para-hydroxylation sites is 1. The monoisotopic (exact) mass is 395 g/mol. The molecule has 0 atom stereocenters. The highest BCUT2D eigenvalue weighted by Crippen LogP contribution is 2.38. The number of pyridine rings is 1. The molecule has 150 valence electrons. The van der Waals surface area contributed by atoms with Crippen LogP contribution in [0.15, 0.2) is 71.9 Å². The van der Waals surface area contributed by atoms with Gasteiger partial charge < -0.3 is 5.32 Å². The summed E-state index contributed by atoms with van der Waals surface area (Å²) in [6.07, 6.45) is 1.80. The highest BCUT2D eigenvalue weighted by Gasteiger charge is 2.17. The number of fused-ring (bicyclic) bond motifs is 2. The van der Waals surface area contributed by atoms with Crippen molar-refractivity contribution in [3.8, 4) is 11.1 Å². The molecule has 3 N–H and O–H groups in total. The van der Waals surface area contributed by atoms with Gasteiger partial charge in [0, 0.05) is 13.0 Å². The van der Waals surface area contributed by atoms with Gasteiger partial charge in [-0.3, -0.25) is 15.8 Å². The number of guanidine groups is 1. The molecule has 0 fully saturated rings. The molecule has 5 heteroatoms. The summed E-state index contributed by atoms with van der Waals surface area (Å²) in [5.74, 6) is 0.642. The molecule has 2 heterocycles. The quantitative estimate of drug-likeness (QED) is 0.384. The van der Waals surface area contributed by atoms with Gasteiger partial charge >= 0.3 is 0 Å². The van der Waals surface area contributed by atoms with Crippen LogP contribution in [-0.4, -0.2) is 10.9 Å². The Bertz CT molecular complexity index is 1290. The maximum Gasteiger partial charge on any atom is 0.220 e. The normalized spacial score (nSPS) is 12.6. The molecule has 0 saturated heterocycles. The van der Waals surface area contributed by atoms with Crippen LogP contribution in [0, 0.1) is 20.8 Å². The summed E-state index contributed by atoms with van der Waals surface area (Å²) >= 11 is 0. The van der Waals surface area contributed by atoms with Gasteiger partial charge in [0.2, 0.25) is 5.96 Å². The Morgan fingerprint density at radius 3 is 2.43 bits per heavy atom. The highest BCUT2D eigenvalue weighted by atomic mass is 15.5. The lowest BCUT2D eigenvalue weighted by Crippen LogP contribution is -2.37. The second-order valence-electron chi connectivity index (χ2n) is 7.67. The first kappa shape index (κ1) is 18.2. The zero-order chi connectivity index (χ0) is 20.7. The third kappa shape index (κ3) is 3.14. The highest BCUT2D eigenvalue weighted by molar-refractivity contribution is 6.05. The minimum absolute atomic E-state index is 0. The van der Waals surface area contributed by atoms with Crippen LogP contribution in [0.1, 0.15) is 18.1 Å². The van der Waals surface area contributed by atoms with E-state index in [9.17, 15) is 0 Å². The molecule has 0 amide bonds. The first-order valence-electron chi connectivity index (χ1n) is 10.0. The number of benzene rings is 3. The maximum absolute atomic E-state index is 4.83. The number of nitrogens with one attached hydrogen (secondary N) is 3. The summed E-state index contributed by atoms with van der Waals surface area (Å²) in [7, 11) is 0. The van der Waals surface area contributed by atoms with Crippen LogP contribution in [0.3, 0.4) is 0 Å². The number of aromatic nitrogens is 1. The van der Waals surface area contributed by atoms with Gasteiger partial charge in [-0.2, -0.15) is 0 Å². The van der Waals surface area contributed by atoms with Crippen molar-refractivity contribution in [1.29, 1.82) is 0 Å². The Hall–Kier alpha value is -3.86. The molecule has 0 bridgehead atoms. The van der Waals surface area contributed by atoms with Crippen molar-refractivity contribution < 1.29 is 1.43 Å². The van der Waals surface area contributed by atoms with E-state index in [1.54, 1.807) is 6.20 Å². The van der Waals surface area contributed by atoms with Gasteiger partial charge in [0.25, 0.3) is 0 Å². The lowest BCUT2D eigenvalue weighted by atomic mass is 9.93. The topological polar surface area (TPSA) is 61.3 Å². The minimum Gasteiger partial charge on any atom is -0.323 e. The molecule has 5 rings (SSSR count). The molecule has 0 spiro atoms. The molecule has 4 aromatic rings. The first-order chi connectivity index (χ1) is 14.6. The lowest BCUT2D eigenvalue weighted by molar-refractivity contribution is 1.07. The molecule has 1 aromatic heterocycles. The molecule has 0 unspecified atom stereocenters. The van der Waals surface area contributed by atoms with Crippen molar-refractivity contribution in [2.45, 2.75) is 20.8 Å². The summed E-state index contributed by atoms with van der Waals surface area (Å²) in [6, 6.07) is 20.8. The third-order valence-corrected chi connectivity index (χ3v) is 5.50. The van der Waals surface area contributed by atoms with Gasteiger partial charge in [-0.25, -0.2) is 4.99 Å². The molecule has 1 aliphatic heterocycles. The summed E-state index contributed by atoms with van der Waals surface area (Å²) in [6.45, 7) is 6.41. The molecule has 0 aliphatic carbocycles. The van der Waals surface area contributed by atoms with Crippen LogP contribution >= 0.6 is 0 Å². The van der Waals surface area contributed by atoms with E-state index >= 15 is 0 Å². The predicted octanol–water partition coefficient (Wildman–Crippen LogP) is 6.10. The molecular formula is C25H25N5. The SMILES string of the molecule is Cc1cc(-c2c(C)cccc2C)cc2c1N=C(Nc1cccc3cccnc13)NN2.[HH]. The Labute approximate surface area is 177 Å². The van der Waals surface area contributed by atoms with Crippen LogP contribution in [-0.2, 0) is 0 Å². The third-order valence-electron chi connectivity index (χ3n) is 5.50. The van der Waals surface area contributed by atoms with Crippen molar-refractivity contribution >= 4 is 33.9 Å². The average Bonchev–Trinajstić information content (AvgIpc) is 2.74. The van der Waals surface area contributed by atoms with Crippen molar-refractivity contribution in [1.82, 2.24) is 10.4 Å². The van der Waals surface area contributed by atoms with Gasteiger partial charge in [0.05, 0.1) is 22.6 Å². The number of hydrogen-bond donors (Lipinski definition) is 3. The summed E-state index contributed by atoms with van der Waals surface area (Å²) < 4.78 is 0. The molecule has 0 radical (unpaired) electrons. The zero-order valence-corrected chi connectivity index (χ0v) is 17.2. The van der Waals surface area contributed by atoms with Gasteiger partial charge in [-0.15, -0.1) is 0 Å². The van der Waals surface area contributed by atoms with E-state index in [-0.39, 0.29) is 1.43 Å². The molecule has 3 aromatic carbocycles. The van der Waals surface area contributed by atoms with Crippen LogP contribution < -0.4 is 16.2 Å². The zero-order valence-electron chi connectivity index (χ0n) is 17.2. The van der Waals surface area contributed by atoms with Crippen LogP contribution in [0.4, 0.5) is 17.1 Å². The second kappa shape index (κ2) is 7.19. The van der Waals surface area contributed by atoms with Crippen LogP contribution in [0.2, 0.25) is 0 Å². The van der Waals surface area contributed by atoms with E-state index in [4.69, 9.17) is 4.99 Å². The fourth-order valence-electron chi connectivity index (χ4n) is 4.10. The summed E-state index contributed by atoms with van der Waals surface area (Å²) in [5.41, 5.74) is 16.3. The minimum atomic E-state index is 0. The summed E-state index contributed by atoms with van der Waals surface area (Å²) in [5, 5.41) is 4.46. The van der Waals surface area contributed by atoms with Crippen molar-refractivity contribution in [2.24, 2.45) is 4.99 Å². The smallest absolute Gasteiger partial charge is 0.220 e. The molecule has 1 aliphatic rings. The van der Waals surface area contributed by atoms with Crippen molar-refractivity contribution in [3.63, 3.8) is 0 Å². The second-order valence-corrected chi connectivity index (χ2v) is 7.67. The van der Waals surface area contributed by atoms with E-state index in [0.29, 0.717) is 5.96 Å². The summed E-state index contributed by atoms with van der Waals surface area (Å²) in [4.78, 5) is 9.34. The van der Waals surface area contributed by atoms with Crippen LogP contribution in [0.25, 0.3) is 22.0 Å². The Balaban J connectivity index is 0.00000231. The predicted molar refractivity (Wildman–Crippen MR) is 127 cm³/mol.